The van der Waals surface area contributed by atoms with Gasteiger partial charge in [0.15, 0.2) is 11.5 Å². The number of aromatic nitrogens is 2. The van der Waals surface area contributed by atoms with Crippen LogP contribution < -0.4 is 10.1 Å². The average molecular weight is 418 g/mol. The number of H-pyrrole nitrogens is 1. The summed E-state index contributed by atoms with van der Waals surface area (Å²) in [6, 6.07) is 14.7. The van der Waals surface area contributed by atoms with E-state index >= 15 is 0 Å². The summed E-state index contributed by atoms with van der Waals surface area (Å²) in [5.41, 5.74) is 2.64. The normalized spacial score (nSPS) is 10.6. The van der Waals surface area contributed by atoms with Crippen LogP contribution in [0.4, 0.5) is 11.4 Å². The van der Waals surface area contributed by atoms with Crippen LogP contribution in [0.5, 0.6) is 11.5 Å². The van der Waals surface area contributed by atoms with Crippen LogP contribution in [0.2, 0.25) is 0 Å². The summed E-state index contributed by atoms with van der Waals surface area (Å²) in [6.45, 7) is 3.86. The molecule has 0 fully saturated rings. The number of hydrogen-bond acceptors (Lipinski definition) is 6. The van der Waals surface area contributed by atoms with E-state index in [0.29, 0.717) is 17.2 Å². The molecular weight excluding hydrogens is 400 g/mol. The van der Waals surface area contributed by atoms with Crippen molar-refractivity contribution in [2.75, 3.05) is 5.32 Å². The third-order valence-corrected chi connectivity index (χ3v) is 4.39. The first-order chi connectivity index (χ1) is 14.9. The van der Waals surface area contributed by atoms with E-state index in [9.17, 15) is 14.9 Å². The highest BCUT2D eigenvalue weighted by atomic mass is 16.6. The van der Waals surface area contributed by atoms with E-state index in [2.05, 4.69) is 15.5 Å². The second-order valence-corrected chi connectivity index (χ2v) is 7.00. The number of amides is 1. The first-order valence-corrected chi connectivity index (χ1v) is 9.33. The fraction of sp³-hybridized carbons (Fsp3) is 0.0909. The summed E-state index contributed by atoms with van der Waals surface area (Å²) in [6.07, 6.45) is 1.51. The lowest BCUT2D eigenvalue weighted by atomic mass is 10.1. The predicted octanol–water partition coefficient (Wildman–Crippen LogP) is 5.24. The molecule has 156 valence electrons. The van der Waals surface area contributed by atoms with Gasteiger partial charge in [0.25, 0.3) is 11.6 Å². The van der Waals surface area contributed by atoms with E-state index in [1.165, 1.54) is 30.5 Å². The minimum absolute atomic E-state index is 0.106. The van der Waals surface area contributed by atoms with Crippen molar-refractivity contribution in [2.45, 2.75) is 13.8 Å². The zero-order valence-electron chi connectivity index (χ0n) is 16.7. The van der Waals surface area contributed by atoms with Crippen molar-refractivity contribution in [1.82, 2.24) is 10.2 Å². The number of benzene rings is 2. The third kappa shape index (κ3) is 4.61. The van der Waals surface area contributed by atoms with Gasteiger partial charge in [0, 0.05) is 18.2 Å². The van der Waals surface area contributed by atoms with Gasteiger partial charge in [0.1, 0.15) is 17.2 Å². The molecule has 2 aromatic heterocycles. The van der Waals surface area contributed by atoms with Crippen LogP contribution in [0.1, 0.15) is 21.6 Å². The van der Waals surface area contributed by atoms with Gasteiger partial charge in [-0.25, -0.2) is 0 Å². The Kier molecular flexibility index (Phi) is 5.23. The number of furan rings is 1. The highest BCUT2D eigenvalue weighted by Gasteiger charge is 2.17. The first kappa shape index (κ1) is 19.9. The number of rotatable bonds is 6. The van der Waals surface area contributed by atoms with E-state index in [1.54, 1.807) is 12.1 Å². The molecule has 0 radical (unpaired) electrons. The molecule has 0 aliphatic rings. The van der Waals surface area contributed by atoms with Gasteiger partial charge in [-0.2, -0.15) is 5.10 Å². The number of nitro benzene ring substituents is 1. The molecule has 0 bridgehead atoms. The summed E-state index contributed by atoms with van der Waals surface area (Å²) >= 11 is 0. The number of hydrogen-bond donors (Lipinski definition) is 2. The number of carbonyl (C=O) groups excluding carboxylic acids is 1. The second kappa shape index (κ2) is 8.15. The lowest BCUT2D eigenvalue weighted by Gasteiger charge is -2.10. The Labute approximate surface area is 176 Å². The zero-order valence-corrected chi connectivity index (χ0v) is 16.7. The van der Waals surface area contributed by atoms with Crippen LogP contribution in [0.25, 0.3) is 11.5 Å². The molecule has 0 spiro atoms. The van der Waals surface area contributed by atoms with Crippen LogP contribution in [0, 0.1) is 24.0 Å². The van der Waals surface area contributed by atoms with Crippen LogP contribution in [0.3, 0.4) is 0 Å². The molecule has 0 saturated carbocycles. The van der Waals surface area contributed by atoms with Crippen LogP contribution in [-0.4, -0.2) is 21.0 Å². The van der Waals surface area contributed by atoms with Gasteiger partial charge >= 0.3 is 0 Å². The fourth-order valence-electron chi connectivity index (χ4n) is 3.14. The Bertz CT molecular complexity index is 1240. The van der Waals surface area contributed by atoms with Crippen molar-refractivity contribution in [2.24, 2.45) is 0 Å². The molecule has 2 aromatic carbocycles. The van der Waals surface area contributed by atoms with Crippen LogP contribution >= 0.6 is 0 Å². The predicted molar refractivity (Wildman–Crippen MR) is 113 cm³/mol. The number of nitrogens with one attached hydrogen (secondary N) is 2. The Morgan fingerprint density at radius 3 is 2.52 bits per heavy atom. The van der Waals surface area contributed by atoms with Crippen molar-refractivity contribution < 1.29 is 18.9 Å². The number of aryl methyl sites for hydroxylation is 2. The number of nitro groups is 1. The monoisotopic (exact) mass is 418 g/mol. The Morgan fingerprint density at radius 1 is 1.10 bits per heavy atom. The zero-order chi connectivity index (χ0) is 22.0. The largest absolute Gasteiger partial charge is 0.463 e. The molecule has 0 atom stereocenters. The molecule has 0 unspecified atom stereocenters. The molecule has 2 heterocycles. The van der Waals surface area contributed by atoms with Crippen molar-refractivity contribution >= 4 is 17.3 Å². The van der Waals surface area contributed by atoms with Crippen molar-refractivity contribution in [3.8, 4) is 23.0 Å². The fourth-order valence-corrected chi connectivity index (χ4v) is 3.14. The maximum atomic E-state index is 12.6. The molecule has 9 heteroatoms. The highest BCUT2D eigenvalue weighted by molar-refractivity contribution is 6.03. The van der Waals surface area contributed by atoms with Gasteiger partial charge in [-0.3, -0.25) is 20.0 Å². The Morgan fingerprint density at radius 2 is 1.84 bits per heavy atom. The molecule has 4 rings (SSSR count). The summed E-state index contributed by atoms with van der Waals surface area (Å²) < 4.78 is 11.1. The first-order valence-electron chi connectivity index (χ1n) is 9.33. The Balaban J connectivity index is 1.58. The number of nitrogens with zero attached hydrogens (tertiary/aromatic N) is 2. The van der Waals surface area contributed by atoms with Gasteiger partial charge in [0.05, 0.1) is 22.9 Å². The van der Waals surface area contributed by atoms with E-state index in [1.807, 2.05) is 32.0 Å². The summed E-state index contributed by atoms with van der Waals surface area (Å²) in [5.74, 6) is 0.774. The van der Waals surface area contributed by atoms with Gasteiger partial charge in [-0.05, 0) is 49.2 Å². The number of ether oxygens (including phenoxy) is 1. The lowest BCUT2D eigenvalue weighted by molar-refractivity contribution is -0.384. The van der Waals surface area contributed by atoms with Gasteiger partial charge < -0.3 is 14.5 Å². The van der Waals surface area contributed by atoms with Crippen LogP contribution in [0.15, 0.2) is 65.3 Å². The van der Waals surface area contributed by atoms with E-state index in [-0.39, 0.29) is 22.8 Å². The minimum atomic E-state index is -0.548. The SMILES string of the molecule is Cc1cc(C)cc(Oc2cc(NC(=O)c3cc(-c4ccco4)[nH]n3)cc([N+](=O)[O-])c2)c1. The molecule has 31 heavy (non-hydrogen) atoms. The van der Waals surface area contributed by atoms with Gasteiger partial charge in [0.2, 0.25) is 0 Å². The topological polar surface area (TPSA) is 123 Å². The van der Waals surface area contributed by atoms with Gasteiger partial charge in [-0.1, -0.05) is 6.07 Å². The van der Waals surface area contributed by atoms with Crippen molar-refractivity contribution in [1.29, 1.82) is 0 Å². The molecule has 1 amide bonds. The van der Waals surface area contributed by atoms with E-state index < -0.39 is 10.8 Å². The number of anilines is 1. The molecule has 9 nitrogen and oxygen atoms in total. The standard InChI is InChI=1S/C22H18N4O5/c1-13-6-14(2)8-17(7-13)31-18-10-15(9-16(11-18)26(28)29)23-22(27)20-12-19(24-25-20)21-4-3-5-30-21/h3-12H,1-2H3,(H,23,27)(H,24,25). The summed E-state index contributed by atoms with van der Waals surface area (Å²) in [4.78, 5) is 23.4. The average Bonchev–Trinajstić information content (AvgIpc) is 3.39. The smallest absolute Gasteiger partial charge is 0.276 e. The maximum Gasteiger partial charge on any atom is 0.276 e. The molecule has 4 aromatic rings. The van der Waals surface area contributed by atoms with Gasteiger partial charge in [-0.15, -0.1) is 0 Å². The number of carbonyl (C=O) groups is 1. The van der Waals surface area contributed by atoms with E-state index in [0.717, 1.165) is 11.1 Å². The molecular formula is C22H18N4O5. The highest BCUT2D eigenvalue weighted by Crippen LogP contribution is 2.31. The van der Waals surface area contributed by atoms with Crippen LogP contribution in [-0.2, 0) is 0 Å². The molecule has 0 aliphatic carbocycles. The van der Waals surface area contributed by atoms with E-state index in [4.69, 9.17) is 9.15 Å². The number of non-ortho nitro benzene ring substituents is 1. The Hall–Kier alpha value is -4.40. The number of aromatic amines is 1. The maximum absolute atomic E-state index is 12.6. The van der Waals surface area contributed by atoms with Crippen molar-refractivity contribution in [3.05, 3.63) is 87.8 Å². The van der Waals surface area contributed by atoms with Crippen molar-refractivity contribution in [3.63, 3.8) is 0 Å². The quantitative estimate of drug-likeness (QED) is 0.326. The second-order valence-electron chi connectivity index (χ2n) is 7.00. The molecule has 0 aliphatic heterocycles. The molecule has 2 N–H and O–H groups in total. The summed E-state index contributed by atoms with van der Waals surface area (Å²) in [5, 5.41) is 20.7. The minimum Gasteiger partial charge on any atom is -0.463 e. The summed E-state index contributed by atoms with van der Waals surface area (Å²) in [7, 11) is 0. The lowest BCUT2D eigenvalue weighted by Crippen LogP contribution is -2.12. The molecule has 0 saturated heterocycles. The third-order valence-electron chi connectivity index (χ3n) is 4.39.